The van der Waals surface area contributed by atoms with Crippen LogP contribution in [0.3, 0.4) is 0 Å². The lowest BCUT2D eigenvalue weighted by atomic mass is 10.3. The Hall–Kier alpha value is -2.23. The summed E-state index contributed by atoms with van der Waals surface area (Å²) in [5, 5.41) is 0. The smallest absolute Gasteiger partial charge is 0.273 e. The lowest BCUT2D eigenvalue weighted by Crippen LogP contribution is -2.41. The van der Waals surface area contributed by atoms with Gasteiger partial charge in [-0.3, -0.25) is 0 Å². The van der Waals surface area contributed by atoms with Gasteiger partial charge < -0.3 is 15.2 Å². The van der Waals surface area contributed by atoms with Crippen LogP contribution in [0.2, 0.25) is 0 Å². The molecule has 136 valence electrons. The summed E-state index contributed by atoms with van der Waals surface area (Å²) >= 11 is 0. The Kier molecular flexibility index (Phi) is 5.93. The van der Waals surface area contributed by atoms with Crippen molar-refractivity contribution in [2.75, 3.05) is 20.2 Å². The van der Waals surface area contributed by atoms with Gasteiger partial charge in [-0.1, -0.05) is 0 Å². The second-order valence-corrected chi connectivity index (χ2v) is 6.90. The number of ether oxygens (including phenoxy) is 2. The second kappa shape index (κ2) is 7.77. The fourth-order valence-corrected chi connectivity index (χ4v) is 2.89. The number of sulfonamides is 1. The van der Waals surface area contributed by atoms with E-state index in [1.165, 1.54) is 24.3 Å². The van der Waals surface area contributed by atoms with Crippen molar-refractivity contribution in [3.05, 3.63) is 48.5 Å². The largest absolute Gasteiger partial charge is 0.497 e. The van der Waals surface area contributed by atoms with Crippen LogP contribution in [0.25, 0.3) is 0 Å². The lowest BCUT2D eigenvalue weighted by molar-refractivity contribution is 0.0170. The zero-order chi connectivity index (χ0) is 18.5. The number of benzene rings is 2. The molecule has 0 aliphatic carbocycles. The van der Waals surface area contributed by atoms with Crippen LogP contribution in [0.1, 0.15) is 0 Å². The van der Waals surface area contributed by atoms with Crippen molar-refractivity contribution in [1.29, 1.82) is 0 Å². The Labute approximate surface area is 144 Å². The van der Waals surface area contributed by atoms with Crippen LogP contribution in [0.4, 0.5) is 8.78 Å². The third-order valence-electron chi connectivity index (χ3n) is 3.25. The molecular formula is C16H18F2N2O4S. The first-order valence-electron chi connectivity index (χ1n) is 7.25. The summed E-state index contributed by atoms with van der Waals surface area (Å²) in [4.78, 5) is -0.151. The highest BCUT2D eigenvalue weighted by Crippen LogP contribution is 2.25. The second-order valence-electron chi connectivity index (χ2n) is 5.13. The molecule has 25 heavy (non-hydrogen) atoms. The van der Waals surface area contributed by atoms with Crippen molar-refractivity contribution < 1.29 is 26.7 Å². The highest BCUT2D eigenvalue weighted by atomic mass is 32.2. The van der Waals surface area contributed by atoms with E-state index in [9.17, 15) is 17.2 Å². The molecule has 0 heterocycles. The fourth-order valence-electron chi connectivity index (χ4n) is 1.82. The molecule has 0 saturated carbocycles. The van der Waals surface area contributed by atoms with Crippen molar-refractivity contribution in [3.63, 3.8) is 0 Å². The van der Waals surface area contributed by atoms with Gasteiger partial charge in [0.05, 0.1) is 25.1 Å². The monoisotopic (exact) mass is 372 g/mol. The van der Waals surface area contributed by atoms with E-state index in [1.807, 2.05) is 4.72 Å². The van der Waals surface area contributed by atoms with Gasteiger partial charge >= 0.3 is 0 Å². The molecule has 3 N–H and O–H groups in total. The van der Waals surface area contributed by atoms with Crippen LogP contribution in [-0.4, -0.2) is 34.5 Å². The molecule has 0 spiro atoms. The molecule has 2 aromatic rings. The number of rotatable bonds is 8. The van der Waals surface area contributed by atoms with E-state index in [4.69, 9.17) is 15.2 Å². The van der Waals surface area contributed by atoms with Gasteiger partial charge in [-0.25, -0.2) is 21.9 Å². The quantitative estimate of drug-likeness (QED) is 0.742. The summed E-state index contributed by atoms with van der Waals surface area (Å²) in [5.41, 5.74) is 4.88. The van der Waals surface area contributed by atoms with Gasteiger partial charge in [-0.15, -0.1) is 0 Å². The third-order valence-corrected chi connectivity index (χ3v) is 4.67. The topological polar surface area (TPSA) is 90.6 Å². The molecule has 0 aliphatic rings. The van der Waals surface area contributed by atoms with Crippen LogP contribution in [0.15, 0.2) is 53.4 Å². The maximum atomic E-state index is 13.1. The van der Waals surface area contributed by atoms with E-state index < -0.39 is 29.0 Å². The number of alkyl halides is 2. The van der Waals surface area contributed by atoms with Crippen LogP contribution in [0.5, 0.6) is 17.2 Å². The van der Waals surface area contributed by atoms with Crippen molar-refractivity contribution in [3.8, 4) is 17.2 Å². The Morgan fingerprint density at radius 3 is 1.96 bits per heavy atom. The van der Waals surface area contributed by atoms with Gasteiger partial charge in [-0.2, -0.15) is 0 Å². The first-order chi connectivity index (χ1) is 11.8. The minimum absolute atomic E-state index is 0.151. The first kappa shape index (κ1) is 19.1. The van der Waals surface area contributed by atoms with E-state index >= 15 is 0 Å². The van der Waals surface area contributed by atoms with E-state index in [0.29, 0.717) is 17.2 Å². The van der Waals surface area contributed by atoms with Gasteiger partial charge in [-0.05, 0) is 48.5 Å². The first-order valence-corrected chi connectivity index (χ1v) is 8.73. The SMILES string of the molecule is COc1ccc(Oc2ccc(S(=O)(=O)NCC(F)(F)CN)cc2)cc1. The predicted octanol–water partition coefficient (Wildman–Crippen LogP) is 2.36. The summed E-state index contributed by atoms with van der Waals surface area (Å²) in [7, 11) is -2.51. The number of hydrogen-bond donors (Lipinski definition) is 2. The summed E-state index contributed by atoms with van der Waals surface area (Å²) in [6, 6.07) is 12.2. The van der Waals surface area contributed by atoms with Crippen LogP contribution in [-0.2, 0) is 10.0 Å². The maximum Gasteiger partial charge on any atom is 0.273 e. The molecule has 0 fully saturated rings. The zero-order valence-corrected chi connectivity index (χ0v) is 14.2. The van der Waals surface area contributed by atoms with Crippen LogP contribution < -0.4 is 19.9 Å². The predicted molar refractivity (Wildman–Crippen MR) is 88.7 cm³/mol. The minimum atomic E-state index is -4.06. The molecule has 6 nitrogen and oxygen atoms in total. The molecule has 2 rings (SSSR count). The van der Waals surface area contributed by atoms with E-state index in [0.717, 1.165) is 0 Å². The Balaban J connectivity index is 2.05. The number of methoxy groups -OCH3 is 1. The molecule has 2 aromatic carbocycles. The summed E-state index contributed by atoms with van der Waals surface area (Å²) in [6.45, 7) is -2.00. The molecule has 0 radical (unpaired) electrons. The number of nitrogens with one attached hydrogen (secondary N) is 1. The molecule has 0 aromatic heterocycles. The maximum absolute atomic E-state index is 13.1. The number of halogens is 2. The van der Waals surface area contributed by atoms with Crippen molar-refractivity contribution in [2.45, 2.75) is 10.8 Å². The Bertz CT molecular complexity index is 794. The normalized spacial score (nSPS) is 12.0. The molecule has 0 aliphatic heterocycles. The van der Waals surface area contributed by atoms with Gasteiger partial charge in [0.1, 0.15) is 17.2 Å². The van der Waals surface area contributed by atoms with E-state index in [2.05, 4.69) is 0 Å². The molecule has 0 atom stereocenters. The Morgan fingerprint density at radius 1 is 1.00 bits per heavy atom. The Morgan fingerprint density at radius 2 is 1.48 bits per heavy atom. The standard InChI is InChI=1S/C16H18F2N2O4S/c1-23-12-2-4-13(5-3-12)24-14-6-8-15(9-7-14)25(21,22)20-11-16(17,18)10-19/h2-9,20H,10-11,19H2,1H3. The molecule has 9 heteroatoms. The van der Waals surface area contributed by atoms with Gasteiger partial charge in [0.2, 0.25) is 10.0 Å². The van der Waals surface area contributed by atoms with E-state index in [-0.39, 0.29) is 4.90 Å². The lowest BCUT2D eigenvalue weighted by Gasteiger charge is -2.15. The summed E-state index contributed by atoms with van der Waals surface area (Å²) in [5.74, 6) is -1.69. The van der Waals surface area contributed by atoms with Gasteiger partial charge in [0.25, 0.3) is 5.92 Å². The van der Waals surface area contributed by atoms with Gasteiger partial charge in [0.15, 0.2) is 0 Å². The third kappa shape index (κ3) is 5.38. The molecule has 0 bridgehead atoms. The van der Waals surface area contributed by atoms with Crippen LogP contribution in [0, 0.1) is 0 Å². The fraction of sp³-hybridized carbons (Fsp3) is 0.250. The van der Waals surface area contributed by atoms with Crippen molar-refractivity contribution in [2.24, 2.45) is 5.73 Å². The molecular weight excluding hydrogens is 354 g/mol. The van der Waals surface area contributed by atoms with Crippen molar-refractivity contribution >= 4 is 10.0 Å². The molecule has 0 unspecified atom stereocenters. The van der Waals surface area contributed by atoms with Crippen molar-refractivity contribution in [1.82, 2.24) is 4.72 Å². The number of nitrogens with two attached hydrogens (primary N) is 1. The molecule has 0 saturated heterocycles. The summed E-state index contributed by atoms with van der Waals surface area (Å²) < 4.78 is 62.6. The highest BCUT2D eigenvalue weighted by Gasteiger charge is 2.29. The summed E-state index contributed by atoms with van der Waals surface area (Å²) in [6.07, 6.45) is 0. The zero-order valence-electron chi connectivity index (χ0n) is 13.4. The minimum Gasteiger partial charge on any atom is -0.497 e. The average Bonchev–Trinajstić information content (AvgIpc) is 2.61. The van der Waals surface area contributed by atoms with Crippen LogP contribution >= 0.6 is 0 Å². The highest BCUT2D eigenvalue weighted by molar-refractivity contribution is 7.89. The average molecular weight is 372 g/mol. The van der Waals surface area contributed by atoms with E-state index in [1.54, 1.807) is 31.4 Å². The molecule has 0 amide bonds. The number of hydrogen-bond acceptors (Lipinski definition) is 5. The van der Waals surface area contributed by atoms with Gasteiger partial charge in [0, 0.05) is 0 Å².